The fourth-order valence-electron chi connectivity index (χ4n) is 3.59. The maximum Gasteiger partial charge on any atom is 0.334 e. The average molecular weight is 521 g/mol. The number of unbranched alkanes of at least 4 members (excludes halogenated alkanes) is 1. The molecule has 0 radical (unpaired) electrons. The third kappa shape index (κ3) is 6.07. The van der Waals surface area contributed by atoms with Crippen LogP contribution >= 0.6 is 11.6 Å². The fourth-order valence-corrected chi connectivity index (χ4v) is 4.82. The first-order valence-electron chi connectivity index (χ1n) is 12.0. The number of hydrogen-bond acceptors (Lipinski definition) is 5. The molecule has 190 valence electrons. The number of aromatic nitrogens is 4. The van der Waals surface area contributed by atoms with E-state index in [0.717, 1.165) is 37.3 Å². The van der Waals surface area contributed by atoms with Gasteiger partial charge in [-0.15, -0.1) is 0 Å². The van der Waals surface area contributed by atoms with E-state index in [9.17, 15) is 14.0 Å². The summed E-state index contributed by atoms with van der Waals surface area (Å²) in [6, 6.07) is 2.89. The predicted molar refractivity (Wildman–Crippen MR) is 141 cm³/mol. The van der Waals surface area contributed by atoms with E-state index in [2.05, 4.69) is 48.8 Å². The molecule has 3 heterocycles. The van der Waals surface area contributed by atoms with Gasteiger partial charge in [-0.05, 0) is 61.5 Å². The topological polar surface area (TPSA) is 89.9 Å². The fraction of sp³-hybridized carbons (Fsp3) is 0.520. The van der Waals surface area contributed by atoms with Gasteiger partial charge in [0.15, 0.2) is 24.9 Å². The number of aromatic amines is 1. The zero-order valence-corrected chi connectivity index (χ0v) is 23.1. The monoisotopic (exact) mass is 520 g/mol. The number of halogens is 2. The molecule has 0 spiro atoms. The summed E-state index contributed by atoms with van der Waals surface area (Å²) in [5.41, 5.74) is 0.776. The predicted octanol–water partition coefficient (Wildman–Crippen LogP) is 5.56. The van der Waals surface area contributed by atoms with Crippen LogP contribution in [0.25, 0.3) is 16.7 Å². The summed E-state index contributed by atoms with van der Waals surface area (Å²) in [7, 11) is -1.77. The van der Waals surface area contributed by atoms with Gasteiger partial charge < -0.3 is 4.43 Å². The van der Waals surface area contributed by atoms with Crippen molar-refractivity contribution in [2.24, 2.45) is 0 Å². The molecule has 0 aliphatic carbocycles. The third-order valence-corrected chi connectivity index (χ3v) is 11.5. The molecule has 10 heteroatoms. The summed E-state index contributed by atoms with van der Waals surface area (Å²) in [5, 5.41) is -0.283. The molecule has 7 nitrogen and oxygen atoms in total. The van der Waals surface area contributed by atoms with Crippen LogP contribution in [0.3, 0.4) is 0 Å². The molecule has 1 N–H and O–H groups in total. The van der Waals surface area contributed by atoms with E-state index in [4.69, 9.17) is 16.0 Å². The molecular weight excluding hydrogens is 487 g/mol. The Kier molecular flexibility index (Phi) is 8.34. The summed E-state index contributed by atoms with van der Waals surface area (Å²) < 4.78 is 21.5. The lowest BCUT2D eigenvalue weighted by Crippen LogP contribution is -2.40. The number of aryl methyl sites for hydroxylation is 2. The molecule has 0 bridgehead atoms. The first-order valence-corrected chi connectivity index (χ1v) is 15.3. The lowest BCUT2D eigenvalue weighted by molar-refractivity contribution is 0.279. The SMILES string of the molecule is CCCc1ncc(CCCCO[Si](C)(C)C(C)(C)C)cc1-n1c(=O)[nH]c(=O)c2cc(F)c(Cl)nc21. The Morgan fingerprint density at radius 3 is 2.54 bits per heavy atom. The highest BCUT2D eigenvalue weighted by Gasteiger charge is 2.36. The summed E-state index contributed by atoms with van der Waals surface area (Å²) in [4.78, 5) is 36.1. The van der Waals surface area contributed by atoms with E-state index in [1.54, 1.807) is 0 Å². The van der Waals surface area contributed by atoms with Gasteiger partial charge in [-0.25, -0.2) is 18.7 Å². The molecule has 0 amide bonds. The van der Waals surface area contributed by atoms with Gasteiger partial charge >= 0.3 is 5.69 Å². The van der Waals surface area contributed by atoms with Crippen LogP contribution in [0.15, 0.2) is 27.9 Å². The molecule has 35 heavy (non-hydrogen) atoms. The van der Waals surface area contributed by atoms with Crippen LogP contribution in [0.5, 0.6) is 0 Å². The second-order valence-corrected chi connectivity index (χ2v) is 15.5. The molecule has 0 saturated carbocycles. The number of H-pyrrole nitrogens is 1. The molecule has 3 aromatic heterocycles. The van der Waals surface area contributed by atoms with Crippen molar-refractivity contribution in [2.45, 2.75) is 77.9 Å². The van der Waals surface area contributed by atoms with Crippen LogP contribution in [0.1, 0.15) is 58.2 Å². The highest BCUT2D eigenvalue weighted by molar-refractivity contribution is 6.74. The van der Waals surface area contributed by atoms with E-state index in [1.807, 2.05) is 19.2 Å². The van der Waals surface area contributed by atoms with Crippen molar-refractivity contribution < 1.29 is 8.82 Å². The largest absolute Gasteiger partial charge is 0.417 e. The molecule has 0 aliphatic rings. The van der Waals surface area contributed by atoms with Gasteiger partial charge in [-0.1, -0.05) is 45.7 Å². The molecular formula is C25H34ClFN4O3Si. The van der Waals surface area contributed by atoms with Crippen molar-refractivity contribution in [1.29, 1.82) is 0 Å². The lowest BCUT2D eigenvalue weighted by atomic mass is 10.1. The van der Waals surface area contributed by atoms with Crippen molar-refractivity contribution in [3.05, 3.63) is 61.4 Å². The van der Waals surface area contributed by atoms with Crippen molar-refractivity contribution in [3.8, 4) is 5.69 Å². The Labute approximate surface area is 210 Å². The number of fused-ring (bicyclic) bond motifs is 1. The highest BCUT2D eigenvalue weighted by atomic mass is 35.5. The molecule has 0 fully saturated rings. The van der Waals surface area contributed by atoms with Gasteiger partial charge in [-0.2, -0.15) is 0 Å². The quantitative estimate of drug-likeness (QED) is 0.227. The van der Waals surface area contributed by atoms with E-state index >= 15 is 0 Å². The Hall–Kier alpha value is -2.36. The maximum atomic E-state index is 14.0. The molecule has 3 aromatic rings. The minimum Gasteiger partial charge on any atom is -0.417 e. The van der Waals surface area contributed by atoms with Gasteiger partial charge in [0, 0.05) is 12.8 Å². The van der Waals surface area contributed by atoms with Gasteiger partial charge in [0.05, 0.1) is 16.8 Å². The molecule has 0 atom stereocenters. The van der Waals surface area contributed by atoms with Crippen molar-refractivity contribution in [3.63, 3.8) is 0 Å². The maximum absolute atomic E-state index is 14.0. The van der Waals surface area contributed by atoms with Crippen LogP contribution in [0.4, 0.5) is 4.39 Å². The summed E-state index contributed by atoms with van der Waals surface area (Å²) >= 11 is 5.90. The Morgan fingerprint density at radius 2 is 1.89 bits per heavy atom. The van der Waals surface area contributed by atoms with Gasteiger partial charge in [0.1, 0.15) is 0 Å². The average Bonchev–Trinajstić information content (AvgIpc) is 2.76. The Morgan fingerprint density at radius 1 is 1.17 bits per heavy atom. The van der Waals surface area contributed by atoms with Crippen molar-refractivity contribution in [1.82, 2.24) is 19.5 Å². The molecule has 0 saturated heterocycles. The zero-order valence-electron chi connectivity index (χ0n) is 21.3. The van der Waals surface area contributed by atoms with Crippen LogP contribution in [0, 0.1) is 5.82 Å². The second-order valence-electron chi connectivity index (χ2n) is 10.4. The highest BCUT2D eigenvalue weighted by Crippen LogP contribution is 2.36. The Balaban J connectivity index is 1.91. The molecule has 0 aromatic carbocycles. The van der Waals surface area contributed by atoms with Crippen LogP contribution < -0.4 is 11.2 Å². The number of hydrogen-bond donors (Lipinski definition) is 1. The summed E-state index contributed by atoms with van der Waals surface area (Å²) in [6.07, 6.45) is 5.82. The van der Waals surface area contributed by atoms with Crippen molar-refractivity contribution >= 4 is 31.0 Å². The van der Waals surface area contributed by atoms with E-state index in [1.165, 1.54) is 4.57 Å². The number of nitrogens with zero attached hydrogens (tertiary/aromatic N) is 3. The van der Waals surface area contributed by atoms with Crippen LogP contribution in [0.2, 0.25) is 23.3 Å². The minimum absolute atomic E-state index is 0.00391. The Bertz CT molecular complexity index is 1330. The minimum atomic E-state index is -1.77. The number of nitrogens with one attached hydrogen (secondary N) is 1. The molecule has 3 rings (SSSR count). The van der Waals surface area contributed by atoms with Crippen molar-refractivity contribution in [2.75, 3.05) is 6.61 Å². The van der Waals surface area contributed by atoms with Gasteiger partial charge in [0.2, 0.25) is 0 Å². The van der Waals surface area contributed by atoms with Gasteiger partial charge in [-0.3, -0.25) is 14.8 Å². The van der Waals surface area contributed by atoms with E-state index in [-0.39, 0.29) is 16.1 Å². The number of rotatable bonds is 9. The number of pyridine rings is 2. The van der Waals surface area contributed by atoms with E-state index < -0.39 is 30.5 Å². The zero-order chi connectivity index (χ0) is 26.0. The molecule has 0 aliphatic heterocycles. The standard InChI is InChI=1S/C25H34ClFN4O3Si/c1-7-10-19-20(31-22-17(23(32)30-24(31)33)14-18(27)21(26)29-22)13-16(15-28-19)11-8-9-12-34-35(5,6)25(2,3)4/h13-15H,7-12H2,1-6H3,(H,30,32,33). The van der Waals surface area contributed by atoms with Gasteiger partial charge in [0.25, 0.3) is 5.56 Å². The lowest BCUT2D eigenvalue weighted by Gasteiger charge is -2.36. The second kappa shape index (κ2) is 10.7. The first-order chi connectivity index (χ1) is 16.4. The molecule has 0 unspecified atom stereocenters. The van der Waals surface area contributed by atoms with E-state index in [0.29, 0.717) is 24.4 Å². The van der Waals surface area contributed by atoms with Crippen LogP contribution in [-0.4, -0.2) is 34.4 Å². The van der Waals surface area contributed by atoms with Crippen LogP contribution in [-0.2, 0) is 17.3 Å². The summed E-state index contributed by atoms with van der Waals surface area (Å²) in [5.74, 6) is -0.824. The third-order valence-electron chi connectivity index (χ3n) is 6.65. The smallest absolute Gasteiger partial charge is 0.334 e. The summed E-state index contributed by atoms with van der Waals surface area (Å²) in [6.45, 7) is 13.9. The normalized spacial score (nSPS) is 12.5. The first kappa shape index (κ1) is 27.2.